The molecule has 0 aromatic heterocycles. The highest BCUT2D eigenvalue weighted by atomic mass is 16.1. The predicted molar refractivity (Wildman–Crippen MR) is 122 cm³/mol. The van der Waals surface area contributed by atoms with Gasteiger partial charge >= 0.3 is 0 Å². The molecule has 1 heteroatoms. The Kier molecular flexibility index (Phi) is 5.07. The molecular formula is C28H26O. The van der Waals surface area contributed by atoms with Crippen molar-refractivity contribution < 1.29 is 4.79 Å². The van der Waals surface area contributed by atoms with Gasteiger partial charge in [0.25, 0.3) is 0 Å². The fraction of sp³-hybridized carbons (Fsp3) is 0.179. The van der Waals surface area contributed by atoms with Gasteiger partial charge in [-0.25, -0.2) is 0 Å². The summed E-state index contributed by atoms with van der Waals surface area (Å²) < 4.78 is 0. The van der Waals surface area contributed by atoms with E-state index in [4.69, 9.17) is 0 Å². The number of carbonyl (C=O) groups excluding carboxylic acids is 1. The van der Waals surface area contributed by atoms with Crippen LogP contribution in [0.3, 0.4) is 0 Å². The molecule has 0 spiro atoms. The lowest BCUT2D eigenvalue weighted by Crippen LogP contribution is -2.11. The van der Waals surface area contributed by atoms with Crippen LogP contribution in [0.25, 0.3) is 10.8 Å². The minimum absolute atomic E-state index is 0.0812. The van der Waals surface area contributed by atoms with Gasteiger partial charge in [0, 0.05) is 11.1 Å². The maximum Gasteiger partial charge on any atom is 0.193 e. The zero-order valence-corrected chi connectivity index (χ0v) is 17.3. The second-order valence-corrected chi connectivity index (χ2v) is 8.67. The lowest BCUT2D eigenvalue weighted by molar-refractivity contribution is 0.103. The molecule has 0 heterocycles. The third-order valence-corrected chi connectivity index (χ3v) is 5.49. The lowest BCUT2D eigenvalue weighted by atomic mass is 9.86. The Labute approximate surface area is 173 Å². The normalized spacial score (nSPS) is 11.6. The Morgan fingerprint density at radius 3 is 2.10 bits per heavy atom. The molecular weight excluding hydrogens is 352 g/mol. The van der Waals surface area contributed by atoms with Crippen LogP contribution in [-0.4, -0.2) is 5.78 Å². The zero-order valence-electron chi connectivity index (χ0n) is 17.3. The number of carbonyl (C=O) groups is 1. The molecule has 4 aromatic rings. The molecule has 0 aliphatic rings. The van der Waals surface area contributed by atoms with Crippen molar-refractivity contribution in [2.45, 2.75) is 32.6 Å². The molecule has 4 rings (SSSR count). The van der Waals surface area contributed by atoms with E-state index in [0.29, 0.717) is 0 Å². The van der Waals surface area contributed by atoms with E-state index in [1.807, 2.05) is 48.5 Å². The lowest BCUT2D eigenvalue weighted by Gasteiger charge is -2.19. The molecule has 0 saturated carbocycles. The van der Waals surface area contributed by atoms with Gasteiger partial charge in [0.05, 0.1) is 0 Å². The second kappa shape index (κ2) is 7.67. The van der Waals surface area contributed by atoms with Crippen LogP contribution in [0.2, 0.25) is 0 Å². The standard InChI is InChI=1S/C28H26O/c1-28(2,3)25-16-12-20(13-17-25)18-23-10-6-7-11-26(23)27(29)24-15-14-21-8-4-5-9-22(21)19-24/h4-17,19H,18H2,1-3H3. The average molecular weight is 379 g/mol. The van der Waals surface area contributed by atoms with Gasteiger partial charge in [0.15, 0.2) is 5.78 Å². The molecule has 0 bridgehead atoms. The van der Waals surface area contributed by atoms with Crippen LogP contribution in [0.15, 0.2) is 91.0 Å². The van der Waals surface area contributed by atoms with Crippen molar-refractivity contribution in [3.63, 3.8) is 0 Å². The highest BCUT2D eigenvalue weighted by molar-refractivity contribution is 6.11. The van der Waals surface area contributed by atoms with Crippen molar-refractivity contribution in [1.82, 2.24) is 0 Å². The fourth-order valence-corrected chi connectivity index (χ4v) is 3.72. The minimum Gasteiger partial charge on any atom is -0.289 e. The third kappa shape index (κ3) is 4.14. The summed E-state index contributed by atoms with van der Waals surface area (Å²) in [7, 11) is 0. The van der Waals surface area contributed by atoms with Crippen LogP contribution in [0.4, 0.5) is 0 Å². The van der Waals surface area contributed by atoms with Gasteiger partial charge < -0.3 is 0 Å². The van der Waals surface area contributed by atoms with E-state index in [1.54, 1.807) is 0 Å². The number of hydrogen-bond acceptors (Lipinski definition) is 1. The number of benzene rings is 4. The monoisotopic (exact) mass is 378 g/mol. The largest absolute Gasteiger partial charge is 0.289 e. The highest BCUT2D eigenvalue weighted by Crippen LogP contribution is 2.25. The van der Waals surface area contributed by atoms with Crippen molar-refractivity contribution >= 4 is 16.6 Å². The van der Waals surface area contributed by atoms with Gasteiger partial charge in [-0.15, -0.1) is 0 Å². The summed E-state index contributed by atoms with van der Waals surface area (Å²) in [5, 5.41) is 2.24. The molecule has 0 N–H and O–H groups in total. The van der Waals surface area contributed by atoms with E-state index in [-0.39, 0.29) is 11.2 Å². The number of ketones is 1. The molecule has 4 aromatic carbocycles. The zero-order chi connectivity index (χ0) is 20.4. The summed E-state index contributed by atoms with van der Waals surface area (Å²) >= 11 is 0. The molecule has 29 heavy (non-hydrogen) atoms. The smallest absolute Gasteiger partial charge is 0.193 e. The first-order valence-corrected chi connectivity index (χ1v) is 10.1. The maximum absolute atomic E-state index is 13.3. The van der Waals surface area contributed by atoms with Gasteiger partial charge in [0.2, 0.25) is 0 Å². The van der Waals surface area contributed by atoms with Gasteiger partial charge in [-0.2, -0.15) is 0 Å². The summed E-state index contributed by atoms with van der Waals surface area (Å²) in [6.45, 7) is 6.67. The average Bonchev–Trinajstić information content (AvgIpc) is 2.73. The van der Waals surface area contributed by atoms with Crippen LogP contribution in [-0.2, 0) is 11.8 Å². The molecule has 0 fully saturated rings. The quantitative estimate of drug-likeness (QED) is 0.351. The topological polar surface area (TPSA) is 17.1 Å². The SMILES string of the molecule is CC(C)(C)c1ccc(Cc2ccccc2C(=O)c2ccc3ccccc3c2)cc1. The molecule has 0 unspecified atom stereocenters. The molecule has 0 aliphatic heterocycles. The van der Waals surface area contributed by atoms with Crippen LogP contribution in [0.5, 0.6) is 0 Å². The van der Waals surface area contributed by atoms with E-state index >= 15 is 0 Å². The van der Waals surface area contributed by atoms with Gasteiger partial charge in [-0.3, -0.25) is 4.79 Å². The van der Waals surface area contributed by atoms with Crippen LogP contribution in [0.1, 0.15) is 53.4 Å². The van der Waals surface area contributed by atoms with Crippen molar-refractivity contribution in [2.75, 3.05) is 0 Å². The molecule has 0 radical (unpaired) electrons. The van der Waals surface area contributed by atoms with Gasteiger partial charge in [0.1, 0.15) is 0 Å². The number of rotatable bonds is 4. The van der Waals surface area contributed by atoms with E-state index in [9.17, 15) is 4.79 Å². The first-order chi connectivity index (χ1) is 13.9. The molecule has 0 amide bonds. The molecule has 0 saturated heterocycles. The van der Waals surface area contributed by atoms with Crippen molar-refractivity contribution in [2.24, 2.45) is 0 Å². The summed E-state index contributed by atoms with van der Waals surface area (Å²) in [5.41, 5.74) is 5.26. The Balaban J connectivity index is 1.64. The van der Waals surface area contributed by atoms with Crippen molar-refractivity contribution in [1.29, 1.82) is 0 Å². The van der Waals surface area contributed by atoms with Crippen molar-refractivity contribution in [3.05, 3.63) is 119 Å². The van der Waals surface area contributed by atoms with Gasteiger partial charge in [-0.05, 0) is 45.4 Å². The second-order valence-electron chi connectivity index (χ2n) is 8.67. The summed E-state index contributed by atoms with van der Waals surface area (Å²) in [6.07, 6.45) is 0.750. The van der Waals surface area contributed by atoms with E-state index < -0.39 is 0 Å². The number of hydrogen-bond donors (Lipinski definition) is 0. The fourth-order valence-electron chi connectivity index (χ4n) is 3.72. The van der Waals surface area contributed by atoms with E-state index in [0.717, 1.165) is 33.9 Å². The van der Waals surface area contributed by atoms with E-state index in [1.165, 1.54) is 11.1 Å². The van der Waals surface area contributed by atoms with Crippen LogP contribution < -0.4 is 0 Å². The van der Waals surface area contributed by atoms with Crippen LogP contribution >= 0.6 is 0 Å². The highest BCUT2D eigenvalue weighted by Gasteiger charge is 2.16. The van der Waals surface area contributed by atoms with Gasteiger partial charge in [-0.1, -0.05) is 106 Å². The first-order valence-electron chi connectivity index (χ1n) is 10.1. The summed E-state index contributed by atoms with van der Waals surface area (Å²) in [5.74, 6) is 0.0812. The van der Waals surface area contributed by atoms with Crippen molar-refractivity contribution in [3.8, 4) is 0 Å². The molecule has 1 nitrogen and oxygen atoms in total. The number of fused-ring (bicyclic) bond motifs is 1. The predicted octanol–water partition coefficient (Wildman–Crippen LogP) is 6.96. The Bertz CT molecular complexity index is 1160. The summed E-state index contributed by atoms with van der Waals surface area (Å²) in [4.78, 5) is 13.3. The Morgan fingerprint density at radius 2 is 1.38 bits per heavy atom. The third-order valence-electron chi connectivity index (χ3n) is 5.49. The Hall–Kier alpha value is -3.19. The molecule has 0 aliphatic carbocycles. The van der Waals surface area contributed by atoms with E-state index in [2.05, 4.69) is 63.2 Å². The molecule has 144 valence electrons. The maximum atomic E-state index is 13.3. The molecule has 0 atom stereocenters. The Morgan fingerprint density at radius 1 is 0.724 bits per heavy atom. The summed E-state index contributed by atoms with van der Waals surface area (Å²) in [6, 6.07) is 30.8. The first kappa shape index (κ1) is 19.1. The minimum atomic E-state index is 0.0812. The van der Waals surface area contributed by atoms with Crippen LogP contribution in [0, 0.1) is 0 Å².